The van der Waals surface area contributed by atoms with Crippen LogP contribution in [0.3, 0.4) is 0 Å². The molecule has 5 aromatic heterocycles. The van der Waals surface area contributed by atoms with Gasteiger partial charge >= 0.3 is 0 Å². The van der Waals surface area contributed by atoms with Crippen LogP contribution in [0.5, 0.6) is 0 Å². The van der Waals surface area contributed by atoms with Crippen molar-refractivity contribution in [3.05, 3.63) is 66.2 Å². The molecule has 0 unspecified atom stereocenters. The molecule has 0 spiro atoms. The topological polar surface area (TPSA) is 86.0 Å². The normalized spacial score (nSPS) is 11.6. The highest BCUT2D eigenvalue weighted by molar-refractivity contribution is 7.14. The lowest BCUT2D eigenvalue weighted by molar-refractivity contribution is 0.657. The molecule has 0 radical (unpaired) electrons. The van der Waals surface area contributed by atoms with E-state index in [-0.39, 0.29) is 5.13 Å². The fraction of sp³-hybridized carbons (Fsp3) is 0. The first-order valence-electron chi connectivity index (χ1n) is 8.97. The Morgan fingerprint density at radius 3 is 2.76 bits per heavy atom. The number of nitrogens with one attached hydrogen (secondary N) is 3. The van der Waals surface area contributed by atoms with Crippen molar-refractivity contribution < 1.29 is 4.39 Å². The van der Waals surface area contributed by atoms with E-state index in [4.69, 9.17) is 0 Å². The van der Waals surface area contributed by atoms with E-state index < -0.39 is 0 Å². The number of H-pyrrole nitrogens is 3. The van der Waals surface area contributed by atoms with Crippen LogP contribution in [0.1, 0.15) is 0 Å². The van der Waals surface area contributed by atoms with Gasteiger partial charge in [0.15, 0.2) is 5.13 Å². The highest BCUT2D eigenvalue weighted by Gasteiger charge is 2.15. The van der Waals surface area contributed by atoms with Crippen molar-refractivity contribution in [2.24, 2.45) is 0 Å². The molecule has 140 valence electrons. The number of thiophene rings is 1. The molecule has 0 atom stereocenters. The van der Waals surface area contributed by atoms with E-state index in [2.05, 4.69) is 36.4 Å². The smallest absolute Gasteiger partial charge is 0.176 e. The molecule has 0 saturated heterocycles. The van der Waals surface area contributed by atoms with E-state index >= 15 is 0 Å². The number of rotatable bonds is 3. The summed E-state index contributed by atoms with van der Waals surface area (Å²) < 4.78 is 13.5. The Morgan fingerprint density at radius 2 is 1.93 bits per heavy atom. The maximum atomic E-state index is 13.5. The number of nitrogens with zero attached hydrogens (tertiary/aromatic N) is 3. The molecule has 0 amide bonds. The lowest BCUT2D eigenvalue weighted by Crippen LogP contribution is -1.80. The summed E-state index contributed by atoms with van der Waals surface area (Å²) in [6, 6.07) is 13.3. The van der Waals surface area contributed by atoms with Crippen LogP contribution in [0.2, 0.25) is 0 Å². The van der Waals surface area contributed by atoms with Crippen LogP contribution in [0, 0.1) is 5.13 Å². The number of halogens is 1. The number of hydrogen-bond donors (Lipinski definition) is 3. The molecule has 6 aromatic rings. The van der Waals surface area contributed by atoms with Crippen molar-refractivity contribution in [1.29, 1.82) is 0 Å². The summed E-state index contributed by atoms with van der Waals surface area (Å²) in [5, 5.41) is 16.2. The Hall–Kier alpha value is -3.78. The molecule has 0 aliphatic heterocycles. The maximum absolute atomic E-state index is 13.5. The highest BCUT2D eigenvalue weighted by atomic mass is 32.1. The average Bonchev–Trinajstić information content (AvgIpc) is 3.51. The van der Waals surface area contributed by atoms with Gasteiger partial charge in [-0.15, -0.1) is 11.3 Å². The van der Waals surface area contributed by atoms with Crippen LogP contribution in [0.15, 0.2) is 61.1 Å². The second-order valence-electron chi connectivity index (χ2n) is 6.73. The van der Waals surface area contributed by atoms with Crippen LogP contribution in [0.4, 0.5) is 4.39 Å². The van der Waals surface area contributed by atoms with Crippen molar-refractivity contribution in [2.45, 2.75) is 0 Å². The minimum Gasteiger partial charge on any atom is -0.338 e. The molecule has 3 N–H and O–H groups in total. The number of fused-ring (bicyclic) bond motifs is 2. The number of hydrogen-bond acceptors (Lipinski definition) is 4. The number of pyridine rings is 1. The van der Waals surface area contributed by atoms with Crippen LogP contribution in [-0.2, 0) is 0 Å². The third-order valence-corrected chi connectivity index (χ3v) is 5.93. The van der Waals surface area contributed by atoms with Crippen molar-refractivity contribution >= 4 is 33.3 Å². The molecule has 6 rings (SSSR count). The van der Waals surface area contributed by atoms with Crippen molar-refractivity contribution in [3.8, 4) is 33.0 Å². The molecule has 0 aliphatic rings. The Labute approximate surface area is 167 Å². The molecule has 8 heteroatoms. The predicted molar refractivity (Wildman–Crippen MR) is 112 cm³/mol. The molecule has 1 aromatic carbocycles. The molecule has 29 heavy (non-hydrogen) atoms. The molecule has 0 aliphatic carbocycles. The van der Waals surface area contributed by atoms with Crippen LogP contribution < -0.4 is 0 Å². The zero-order valence-corrected chi connectivity index (χ0v) is 15.7. The molecular formula is C21H13FN6S. The molecule has 0 saturated carbocycles. The first-order valence-corrected chi connectivity index (χ1v) is 9.79. The Balaban J connectivity index is 1.53. The van der Waals surface area contributed by atoms with Gasteiger partial charge in [0.05, 0.1) is 17.4 Å². The van der Waals surface area contributed by atoms with E-state index in [9.17, 15) is 4.39 Å². The standard InChI is InChI=1S/C21H13FN6S/c22-19-4-3-18(29-19)13-5-6-23-21-14(13)8-17(26-21)20-15-7-11(12-9-24-25-10-12)1-2-16(15)27-28-20/h1-10H,(H,23,26)(H,24,25)(H,27,28). The van der Waals surface area contributed by atoms with E-state index in [1.165, 1.54) is 6.07 Å². The second kappa shape index (κ2) is 6.11. The van der Waals surface area contributed by atoms with E-state index in [0.717, 1.165) is 66.2 Å². The minimum absolute atomic E-state index is 0.203. The molecule has 6 nitrogen and oxygen atoms in total. The minimum atomic E-state index is -0.203. The third kappa shape index (κ3) is 2.57. The number of benzene rings is 1. The van der Waals surface area contributed by atoms with Crippen LogP contribution in [0.25, 0.3) is 54.9 Å². The van der Waals surface area contributed by atoms with Gasteiger partial charge in [-0.2, -0.15) is 14.6 Å². The van der Waals surface area contributed by atoms with Gasteiger partial charge in [-0.1, -0.05) is 6.07 Å². The molecule has 5 heterocycles. The van der Waals surface area contributed by atoms with Gasteiger partial charge in [0, 0.05) is 39.2 Å². The second-order valence-corrected chi connectivity index (χ2v) is 7.76. The SMILES string of the molecule is Fc1ccc(-c2ccnc3[nH]c(-c4n[nH]c5ccc(-c6cn[nH]c6)cc45)cc23)s1. The first-order chi connectivity index (χ1) is 14.3. The third-order valence-electron chi connectivity index (χ3n) is 5.02. The predicted octanol–water partition coefficient (Wildman–Crippen LogP) is 5.36. The summed E-state index contributed by atoms with van der Waals surface area (Å²) in [5.41, 5.74) is 6.37. The quantitative estimate of drug-likeness (QED) is 0.374. The zero-order valence-electron chi connectivity index (χ0n) is 14.9. The number of aromatic nitrogens is 6. The van der Waals surface area contributed by atoms with Crippen molar-refractivity contribution in [3.63, 3.8) is 0 Å². The van der Waals surface area contributed by atoms with Gasteiger partial charge in [0.25, 0.3) is 0 Å². The van der Waals surface area contributed by atoms with Gasteiger partial charge in [0.1, 0.15) is 11.3 Å². The Morgan fingerprint density at radius 1 is 0.966 bits per heavy atom. The van der Waals surface area contributed by atoms with Crippen molar-refractivity contribution in [1.82, 2.24) is 30.4 Å². The summed E-state index contributed by atoms with van der Waals surface area (Å²) in [6.45, 7) is 0. The molecular weight excluding hydrogens is 387 g/mol. The van der Waals surface area contributed by atoms with Crippen LogP contribution >= 0.6 is 11.3 Å². The number of aromatic amines is 3. The van der Waals surface area contributed by atoms with Gasteiger partial charge in [-0.25, -0.2) is 4.98 Å². The summed E-state index contributed by atoms with van der Waals surface area (Å²) in [5.74, 6) is 0. The summed E-state index contributed by atoms with van der Waals surface area (Å²) >= 11 is 1.13. The first kappa shape index (κ1) is 16.2. The van der Waals surface area contributed by atoms with Crippen molar-refractivity contribution in [2.75, 3.05) is 0 Å². The van der Waals surface area contributed by atoms with Gasteiger partial charge < -0.3 is 4.98 Å². The Kier molecular flexibility index (Phi) is 3.41. The maximum Gasteiger partial charge on any atom is 0.176 e. The molecule has 0 fully saturated rings. The van der Waals surface area contributed by atoms with Gasteiger partial charge in [-0.05, 0) is 42.0 Å². The fourth-order valence-electron chi connectivity index (χ4n) is 3.64. The van der Waals surface area contributed by atoms with E-state index in [1.807, 2.05) is 30.5 Å². The Bertz CT molecular complexity index is 1470. The van der Waals surface area contributed by atoms with Crippen LogP contribution in [-0.4, -0.2) is 30.4 Å². The van der Waals surface area contributed by atoms with E-state index in [1.54, 1.807) is 18.5 Å². The largest absolute Gasteiger partial charge is 0.338 e. The highest BCUT2D eigenvalue weighted by Crippen LogP contribution is 2.36. The molecule has 0 bridgehead atoms. The van der Waals surface area contributed by atoms with E-state index in [0.29, 0.717) is 0 Å². The lowest BCUT2D eigenvalue weighted by Gasteiger charge is -1.99. The summed E-state index contributed by atoms with van der Waals surface area (Å²) in [4.78, 5) is 8.68. The van der Waals surface area contributed by atoms with Gasteiger partial charge in [-0.3, -0.25) is 10.2 Å². The summed E-state index contributed by atoms with van der Waals surface area (Å²) in [7, 11) is 0. The fourth-order valence-corrected chi connectivity index (χ4v) is 4.41. The average molecular weight is 400 g/mol. The monoisotopic (exact) mass is 400 g/mol. The lowest BCUT2D eigenvalue weighted by atomic mass is 10.1. The van der Waals surface area contributed by atoms with Gasteiger partial charge in [0.2, 0.25) is 0 Å². The summed E-state index contributed by atoms with van der Waals surface area (Å²) in [6.07, 6.45) is 5.38. The zero-order chi connectivity index (χ0) is 19.4.